The number of aromatic nitrogens is 2. The van der Waals surface area contributed by atoms with E-state index in [0.29, 0.717) is 17.2 Å². The number of nitrogens with zero attached hydrogens (tertiary/aromatic N) is 2. The number of hydrogen-bond acceptors (Lipinski definition) is 6. The van der Waals surface area contributed by atoms with Crippen molar-refractivity contribution in [3.63, 3.8) is 0 Å². The molecule has 2 aromatic carbocycles. The highest BCUT2D eigenvalue weighted by Gasteiger charge is 2.34. The van der Waals surface area contributed by atoms with E-state index in [4.69, 9.17) is 9.47 Å². The molecule has 0 aliphatic rings. The zero-order valence-electron chi connectivity index (χ0n) is 16.9. The first-order valence-electron chi connectivity index (χ1n) is 9.06. The number of halogens is 4. The molecular formula is C21H17F4N3O3S. The minimum Gasteiger partial charge on any atom is -0.497 e. The quantitative estimate of drug-likeness (QED) is 0.298. The molecule has 0 unspecified atom stereocenters. The van der Waals surface area contributed by atoms with Gasteiger partial charge in [0, 0.05) is 11.6 Å². The van der Waals surface area contributed by atoms with Crippen LogP contribution in [0.1, 0.15) is 5.69 Å². The number of anilines is 1. The van der Waals surface area contributed by atoms with E-state index in [1.165, 1.54) is 26.4 Å². The number of alkyl halides is 3. The monoisotopic (exact) mass is 467 g/mol. The molecule has 32 heavy (non-hydrogen) atoms. The summed E-state index contributed by atoms with van der Waals surface area (Å²) in [5.74, 6) is -0.391. The molecule has 11 heteroatoms. The second kappa shape index (κ2) is 9.86. The molecule has 3 aromatic rings. The lowest BCUT2D eigenvalue weighted by molar-refractivity contribution is -0.141. The summed E-state index contributed by atoms with van der Waals surface area (Å²) in [6.45, 7) is 0. The molecule has 0 aliphatic heterocycles. The lowest BCUT2D eigenvalue weighted by atomic mass is 10.1. The minimum absolute atomic E-state index is 0.0351. The summed E-state index contributed by atoms with van der Waals surface area (Å²) < 4.78 is 63.3. The third-order valence-electron chi connectivity index (χ3n) is 4.15. The molecule has 3 rings (SSSR count). The van der Waals surface area contributed by atoms with Crippen LogP contribution in [0.25, 0.3) is 11.3 Å². The average Bonchev–Trinajstić information content (AvgIpc) is 2.77. The fourth-order valence-corrected chi connectivity index (χ4v) is 3.28. The molecule has 0 radical (unpaired) electrons. The smallest absolute Gasteiger partial charge is 0.433 e. The zero-order chi connectivity index (χ0) is 23.3. The third-order valence-corrected chi connectivity index (χ3v) is 5.00. The molecule has 0 saturated heterocycles. The Bertz CT molecular complexity index is 1110. The molecule has 0 bridgehead atoms. The van der Waals surface area contributed by atoms with Crippen LogP contribution in [0.15, 0.2) is 53.7 Å². The number of carbonyl (C=O) groups excluding carboxylic acids is 1. The Morgan fingerprint density at radius 3 is 2.38 bits per heavy atom. The number of thioether (sulfide) groups is 1. The van der Waals surface area contributed by atoms with E-state index >= 15 is 0 Å². The van der Waals surface area contributed by atoms with E-state index in [9.17, 15) is 22.4 Å². The van der Waals surface area contributed by atoms with Crippen molar-refractivity contribution in [2.75, 3.05) is 25.3 Å². The Morgan fingerprint density at radius 1 is 1.03 bits per heavy atom. The van der Waals surface area contributed by atoms with Crippen LogP contribution in [0, 0.1) is 5.82 Å². The lowest BCUT2D eigenvalue weighted by Crippen LogP contribution is -2.15. The first-order chi connectivity index (χ1) is 15.2. The fraction of sp³-hybridized carbons (Fsp3) is 0.190. The molecule has 0 atom stereocenters. The van der Waals surface area contributed by atoms with E-state index in [2.05, 4.69) is 15.3 Å². The number of carbonyl (C=O) groups is 1. The van der Waals surface area contributed by atoms with Crippen molar-refractivity contribution in [2.45, 2.75) is 11.3 Å². The predicted molar refractivity (Wildman–Crippen MR) is 111 cm³/mol. The summed E-state index contributed by atoms with van der Waals surface area (Å²) in [6.07, 6.45) is -4.72. The number of ether oxygens (including phenoxy) is 2. The number of amides is 1. The molecule has 1 N–H and O–H groups in total. The van der Waals surface area contributed by atoms with Crippen molar-refractivity contribution >= 4 is 23.4 Å². The van der Waals surface area contributed by atoms with Gasteiger partial charge < -0.3 is 14.8 Å². The summed E-state index contributed by atoms with van der Waals surface area (Å²) >= 11 is 0.737. The zero-order valence-corrected chi connectivity index (χ0v) is 17.7. The minimum atomic E-state index is -4.72. The molecule has 1 aromatic heterocycles. The second-order valence-corrected chi connectivity index (χ2v) is 7.27. The Balaban J connectivity index is 1.78. The van der Waals surface area contributed by atoms with E-state index < -0.39 is 23.6 Å². The Labute approximate surface area is 185 Å². The summed E-state index contributed by atoms with van der Waals surface area (Å²) in [5, 5.41) is 2.38. The number of rotatable bonds is 7. The third kappa shape index (κ3) is 5.88. The first kappa shape index (κ1) is 23.3. The molecule has 0 spiro atoms. The largest absolute Gasteiger partial charge is 0.497 e. The van der Waals surface area contributed by atoms with Crippen molar-refractivity contribution < 1.29 is 31.8 Å². The highest BCUT2D eigenvalue weighted by Crippen LogP contribution is 2.32. The van der Waals surface area contributed by atoms with Crippen molar-refractivity contribution in [3.05, 3.63) is 60.0 Å². The van der Waals surface area contributed by atoms with Crippen molar-refractivity contribution in [3.8, 4) is 22.8 Å². The number of hydrogen-bond donors (Lipinski definition) is 1. The van der Waals surface area contributed by atoms with Gasteiger partial charge in [0.15, 0.2) is 5.16 Å². The van der Waals surface area contributed by atoms with E-state index in [1.54, 1.807) is 18.2 Å². The van der Waals surface area contributed by atoms with Gasteiger partial charge in [-0.2, -0.15) is 13.2 Å². The fourth-order valence-electron chi connectivity index (χ4n) is 2.62. The molecule has 0 fully saturated rings. The molecule has 0 aliphatic carbocycles. The van der Waals surface area contributed by atoms with Crippen LogP contribution in [0.3, 0.4) is 0 Å². The van der Waals surface area contributed by atoms with Crippen LogP contribution in [-0.2, 0) is 11.0 Å². The van der Waals surface area contributed by atoms with Crippen LogP contribution in [-0.4, -0.2) is 35.8 Å². The topological polar surface area (TPSA) is 73.3 Å². The summed E-state index contributed by atoms with van der Waals surface area (Å²) in [7, 11) is 2.91. The van der Waals surface area contributed by atoms with Gasteiger partial charge in [0.05, 0.1) is 31.4 Å². The maximum Gasteiger partial charge on any atom is 0.433 e. The van der Waals surface area contributed by atoms with E-state index in [0.717, 1.165) is 30.0 Å². The van der Waals surface area contributed by atoms with Gasteiger partial charge in [0.25, 0.3) is 0 Å². The summed E-state index contributed by atoms with van der Waals surface area (Å²) in [5.41, 5.74) is -0.539. The number of methoxy groups -OCH3 is 2. The molecular weight excluding hydrogens is 450 g/mol. The van der Waals surface area contributed by atoms with Crippen molar-refractivity contribution in [1.29, 1.82) is 0 Å². The highest BCUT2D eigenvalue weighted by molar-refractivity contribution is 7.99. The lowest BCUT2D eigenvalue weighted by Gasteiger charge is -2.12. The van der Waals surface area contributed by atoms with Crippen molar-refractivity contribution in [2.24, 2.45) is 0 Å². The van der Waals surface area contributed by atoms with Gasteiger partial charge in [-0.15, -0.1) is 0 Å². The van der Waals surface area contributed by atoms with Gasteiger partial charge in [0.2, 0.25) is 5.91 Å². The van der Waals surface area contributed by atoms with Crippen molar-refractivity contribution in [1.82, 2.24) is 9.97 Å². The standard InChI is InChI=1S/C21H17F4N3O3S/c1-30-14-7-8-15(17(9-14)31-2)26-19(29)11-32-20-27-16(10-18(28-20)21(23,24)25)12-3-5-13(22)6-4-12/h3-10H,11H2,1-2H3,(H,26,29). The van der Waals surface area contributed by atoms with Gasteiger partial charge >= 0.3 is 6.18 Å². The highest BCUT2D eigenvalue weighted by atomic mass is 32.2. The molecule has 0 saturated carbocycles. The van der Waals surface area contributed by atoms with Gasteiger partial charge in [-0.1, -0.05) is 11.8 Å². The van der Waals surface area contributed by atoms with Gasteiger partial charge in [0.1, 0.15) is 23.0 Å². The summed E-state index contributed by atoms with van der Waals surface area (Å²) in [6, 6.07) is 10.4. The van der Waals surface area contributed by atoms with Crippen LogP contribution in [0.2, 0.25) is 0 Å². The Hall–Kier alpha value is -3.34. The van der Waals surface area contributed by atoms with Gasteiger partial charge in [-0.3, -0.25) is 4.79 Å². The van der Waals surface area contributed by atoms with Crippen LogP contribution >= 0.6 is 11.8 Å². The van der Waals surface area contributed by atoms with Crippen LogP contribution < -0.4 is 14.8 Å². The Kier molecular flexibility index (Phi) is 7.18. The Morgan fingerprint density at radius 2 is 1.75 bits per heavy atom. The normalized spacial score (nSPS) is 11.2. The molecule has 6 nitrogen and oxygen atoms in total. The maximum atomic E-state index is 13.3. The van der Waals surface area contributed by atoms with Crippen LogP contribution in [0.5, 0.6) is 11.5 Å². The SMILES string of the molecule is COc1ccc(NC(=O)CSc2nc(-c3ccc(F)cc3)cc(C(F)(F)F)n2)c(OC)c1. The second-order valence-electron chi connectivity index (χ2n) is 6.33. The summed E-state index contributed by atoms with van der Waals surface area (Å²) in [4.78, 5) is 19.9. The van der Waals surface area contributed by atoms with E-state index in [1.807, 2.05) is 0 Å². The number of nitrogens with one attached hydrogen (secondary N) is 1. The average molecular weight is 467 g/mol. The van der Waals surface area contributed by atoms with Gasteiger partial charge in [-0.25, -0.2) is 14.4 Å². The molecule has 1 heterocycles. The first-order valence-corrected chi connectivity index (χ1v) is 10.0. The predicted octanol–water partition coefficient (Wildman–Crippen LogP) is 5.05. The maximum absolute atomic E-state index is 13.3. The number of benzene rings is 2. The van der Waals surface area contributed by atoms with Crippen LogP contribution in [0.4, 0.5) is 23.2 Å². The molecule has 1 amide bonds. The van der Waals surface area contributed by atoms with E-state index in [-0.39, 0.29) is 22.2 Å². The molecule has 168 valence electrons. The van der Waals surface area contributed by atoms with Gasteiger partial charge in [-0.05, 0) is 42.5 Å².